The molecule has 0 aliphatic carbocycles. The number of allylic oxidation sites excluding steroid dienone is 2. The Morgan fingerprint density at radius 2 is 1.66 bits per heavy atom. The Labute approximate surface area is 245 Å². The van der Waals surface area contributed by atoms with Gasteiger partial charge in [0, 0.05) is 18.9 Å². The molecule has 0 saturated carbocycles. The lowest BCUT2D eigenvalue weighted by molar-refractivity contribution is -0.149. The van der Waals surface area contributed by atoms with Gasteiger partial charge in [0.05, 0.1) is 25.7 Å². The zero-order chi connectivity index (χ0) is 29.9. The number of rotatable bonds is 22. The van der Waals surface area contributed by atoms with E-state index in [0.29, 0.717) is 30.6 Å². The first-order valence-electron chi connectivity index (χ1n) is 15.5. The lowest BCUT2D eigenvalue weighted by atomic mass is 10.1. The number of fused-ring (bicyclic) bond motifs is 1. The minimum absolute atomic E-state index is 0.0267. The fourth-order valence-corrected chi connectivity index (χ4v) is 4.47. The second-order valence-corrected chi connectivity index (χ2v) is 11.2. The third-order valence-electron chi connectivity index (χ3n) is 7.22. The molecule has 4 N–H and O–H groups in total. The van der Waals surface area contributed by atoms with Gasteiger partial charge in [-0.1, -0.05) is 71.4 Å². The Balaban J connectivity index is 1.69. The Kier molecular flexibility index (Phi) is 16.6. The van der Waals surface area contributed by atoms with Crippen LogP contribution in [-0.2, 0) is 25.6 Å². The van der Waals surface area contributed by atoms with Gasteiger partial charge in [0.1, 0.15) is 11.6 Å². The molecule has 0 saturated heterocycles. The summed E-state index contributed by atoms with van der Waals surface area (Å²) in [6, 6.07) is -0.688. The molecule has 10 heteroatoms. The van der Waals surface area contributed by atoms with Crippen LogP contribution in [0.4, 0.5) is 5.95 Å². The van der Waals surface area contributed by atoms with E-state index in [1.165, 1.54) is 44.9 Å². The molecule has 0 radical (unpaired) electrons. The summed E-state index contributed by atoms with van der Waals surface area (Å²) < 4.78 is 12.9. The van der Waals surface area contributed by atoms with Crippen molar-refractivity contribution >= 4 is 29.1 Å². The highest BCUT2D eigenvalue weighted by Gasteiger charge is 2.22. The molecule has 0 aliphatic rings. The van der Waals surface area contributed by atoms with Crippen molar-refractivity contribution in [3.05, 3.63) is 24.7 Å². The van der Waals surface area contributed by atoms with E-state index in [0.717, 1.165) is 25.7 Å². The summed E-state index contributed by atoms with van der Waals surface area (Å²) in [6.07, 6.45) is 21.8. The fourth-order valence-electron chi connectivity index (χ4n) is 4.47. The lowest BCUT2D eigenvalue weighted by Gasteiger charge is -2.20. The largest absolute Gasteiger partial charge is 0.466 e. The quantitative estimate of drug-likeness (QED) is 0.102. The number of esters is 2. The number of nitrogens with zero attached hydrogens (tertiary/aromatic N) is 4. The van der Waals surface area contributed by atoms with Crippen molar-refractivity contribution in [2.24, 2.45) is 17.6 Å². The summed E-state index contributed by atoms with van der Waals surface area (Å²) in [4.78, 5) is 37.2. The van der Waals surface area contributed by atoms with Crippen LogP contribution >= 0.6 is 0 Å². The molecule has 0 spiro atoms. The number of imidazole rings is 1. The van der Waals surface area contributed by atoms with E-state index in [1.807, 2.05) is 18.4 Å². The SMILES string of the molecule is CCCCCCC=CCCCCCCCC(=O)OCC[C@@H](COC(=O)[C@@H](N)C(C)C)Cn1cnc2cnc(N)nc21. The molecule has 0 unspecified atom stereocenters. The fraction of sp³-hybridized carbons (Fsp3) is 0.710. The number of anilines is 1. The monoisotopic (exact) mass is 572 g/mol. The molecular weight excluding hydrogens is 520 g/mol. The highest BCUT2D eigenvalue weighted by atomic mass is 16.5. The van der Waals surface area contributed by atoms with Gasteiger partial charge in [0.25, 0.3) is 0 Å². The van der Waals surface area contributed by atoms with Gasteiger partial charge >= 0.3 is 11.9 Å². The van der Waals surface area contributed by atoms with Crippen molar-refractivity contribution < 1.29 is 19.1 Å². The van der Waals surface area contributed by atoms with E-state index in [1.54, 1.807) is 12.5 Å². The number of aromatic nitrogens is 4. The van der Waals surface area contributed by atoms with Gasteiger partial charge in [-0.3, -0.25) is 9.59 Å². The molecular formula is C31H52N6O4. The van der Waals surface area contributed by atoms with E-state index in [9.17, 15) is 9.59 Å². The molecule has 41 heavy (non-hydrogen) atoms. The predicted octanol–water partition coefficient (Wildman–Crippen LogP) is 5.74. The highest BCUT2D eigenvalue weighted by Crippen LogP contribution is 2.16. The minimum Gasteiger partial charge on any atom is -0.466 e. The number of ether oxygens (including phenoxy) is 2. The third-order valence-corrected chi connectivity index (χ3v) is 7.22. The maximum atomic E-state index is 12.3. The van der Waals surface area contributed by atoms with Gasteiger partial charge in [-0.05, 0) is 44.4 Å². The third kappa shape index (κ3) is 13.9. The Hall–Kier alpha value is -3.01. The molecule has 0 amide bonds. The minimum atomic E-state index is -0.688. The van der Waals surface area contributed by atoms with E-state index in [4.69, 9.17) is 20.9 Å². The molecule has 2 aromatic rings. The Morgan fingerprint density at radius 1 is 0.976 bits per heavy atom. The topological polar surface area (TPSA) is 148 Å². The standard InChI is InChI=1S/C31H52N6O4/c1-4-5-6-7-8-9-10-11-12-13-14-15-16-17-27(38)40-19-18-25(22-41-30(39)28(32)24(2)3)21-37-23-35-26-20-34-31(33)36-29(26)37/h9-10,20,23-25,28H,4-8,11-19,21-22,32H2,1-3H3,(H2,33,34,36)/t25-,28+/m1/s1. The Bertz CT molecular complexity index is 1050. The van der Waals surface area contributed by atoms with Crippen molar-refractivity contribution in [1.29, 1.82) is 0 Å². The van der Waals surface area contributed by atoms with Crippen molar-refractivity contribution in [3.8, 4) is 0 Å². The maximum Gasteiger partial charge on any atom is 0.323 e. The van der Waals surface area contributed by atoms with Gasteiger partial charge in [-0.25, -0.2) is 9.97 Å². The molecule has 0 fully saturated rings. The molecule has 10 nitrogen and oxygen atoms in total. The van der Waals surface area contributed by atoms with Crippen LogP contribution in [0.2, 0.25) is 0 Å². The van der Waals surface area contributed by atoms with E-state index < -0.39 is 12.0 Å². The molecule has 2 rings (SSSR count). The van der Waals surface area contributed by atoms with Gasteiger partial charge in [0.2, 0.25) is 5.95 Å². The number of hydrogen-bond donors (Lipinski definition) is 2. The summed E-state index contributed by atoms with van der Waals surface area (Å²) in [5, 5.41) is 0. The summed E-state index contributed by atoms with van der Waals surface area (Å²) in [5.41, 5.74) is 12.9. The molecule has 0 aliphatic heterocycles. The highest BCUT2D eigenvalue weighted by molar-refractivity contribution is 5.75. The number of unbranched alkanes of at least 4 members (excludes halogenated alkanes) is 9. The van der Waals surface area contributed by atoms with Crippen LogP contribution in [0.25, 0.3) is 11.2 Å². The van der Waals surface area contributed by atoms with Crippen LogP contribution in [0.3, 0.4) is 0 Å². The number of nitrogen functional groups attached to an aromatic ring is 1. The van der Waals surface area contributed by atoms with E-state index in [2.05, 4.69) is 34.0 Å². The Morgan fingerprint density at radius 3 is 2.37 bits per heavy atom. The van der Waals surface area contributed by atoms with Crippen LogP contribution in [0.15, 0.2) is 24.7 Å². The van der Waals surface area contributed by atoms with E-state index in [-0.39, 0.29) is 37.0 Å². The predicted molar refractivity (Wildman–Crippen MR) is 163 cm³/mol. The van der Waals surface area contributed by atoms with Gasteiger partial charge in [0.15, 0.2) is 5.65 Å². The molecule has 2 atom stereocenters. The average Bonchev–Trinajstić information content (AvgIpc) is 3.34. The smallest absolute Gasteiger partial charge is 0.323 e. The normalized spacial score (nSPS) is 13.2. The second kappa shape index (κ2) is 20.0. The average molecular weight is 573 g/mol. The summed E-state index contributed by atoms with van der Waals surface area (Å²) >= 11 is 0. The van der Waals surface area contributed by atoms with Crippen LogP contribution < -0.4 is 11.5 Å². The molecule has 2 aromatic heterocycles. The number of carbonyl (C=O) groups excluding carboxylic acids is 2. The number of hydrogen-bond acceptors (Lipinski definition) is 9. The summed E-state index contributed by atoms with van der Waals surface area (Å²) in [5.74, 6) is -0.639. The first kappa shape index (κ1) is 34.2. The number of carbonyl (C=O) groups is 2. The summed E-state index contributed by atoms with van der Waals surface area (Å²) in [7, 11) is 0. The molecule has 230 valence electrons. The van der Waals surface area contributed by atoms with Crippen molar-refractivity contribution in [2.45, 2.75) is 117 Å². The van der Waals surface area contributed by atoms with Crippen LogP contribution in [0, 0.1) is 11.8 Å². The molecule has 2 heterocycles. The van der Waals surface area contributed by atoms with Gasteiger partial charge < -0.3 is 25.5 Å². The number of nitrogens with two attached hydrogens (primary N) is 2. The van der Waals surface area contributed by atoms with Crippen LogP contribution in [0.5, 0.6) is 0 Å². The lowest BCUT2D eigenvalue weighted by Crippen LogP contribution is -2.38. The van der Waals surface area contributed by atoms with Crippen molar-refractivity contribution in [2.75, 3.05) is 18.9 Å². The molecule has 0 aromatic carbocycles. The van der Waals surface area contributed by atoms with Crippen molar-refractivity contribution in [1.82, 2.24) is 19.5 Å². The zero-order valence-corrected chi connectivity index (χ0v) is 25.4. The van der Waals surface area contributed by atoms with Crippen molar-refractivity contribution in [3.63, 3.8) is 0 Å². The first-order chi connectivity index (χ1) is 19.8. The second-order valence-electron chi connectivity index (χ2n) is 11.2. The first-order valence-corrected chi connectivity index (χ1v) is 15.5. The van der Waals surface area contributed by atoms with Gasteiger partial charge in [-0.15, -0.1) is 0 Å². The zero-order valence-electron chi connectivity index (χ0n) is 25.4. The summed E-state index contributed by atoms with van der Waals surface area (Å²) in [6.45, 7) is 6.83. The van der Waals surface area contributed by atoms with Crippen LogP contribution in [0.1, 0.15) is 104 Å². The molecule has 0 bridgehead atoms. The maximum absolute atomic E-state index is 12.3. The van der Waals surface area contributed by atoms with Gasteiger partial charge in [-0.2, -0.15) is 4.98 Å². The van der Waals surface area contributed by atoms with E-state index >= 15 is 0 Å². The van der Waals surface area contributed by atoms with Crippen LogP contribution in [-0.4, -0.2) is 50.7 Å².